The molecule has 0 aliphatic rings. The summed E-state index contributed by atoms with van der Waals surface area (Å²) in [5.74, 6) is 1.67. The van der Waals surface area contributed by atoms with Crippen LogP contribution < -0.4 is 15.4 Å². The standard InChI is InChI=1S/C20H31N5O2.HI/c1-4-21-20(22-9-5-11-25-12-6-10-24-25)23-16-18-8-7-17(2)15-19(18)27-14-13-26-3;/h6-8,10,12,15H,4-5,9,11,13-14,16H2,1-3H3,(H2,21,22,23);1H. The lowest BCUT2D eigenvalue weighted by molar-refractivity contribution is 0.145. The van der Waals surface area contributed by atoms with E-state index >= 15 is 0 Å². The van der Waals surface area contributed by atoms with Gasteiger partial charge in [0.1, 0.15) is 12.4 Å². The minimum absolute atomic E-state index is 0. The second-order valence-corrected chi connectivity index (χ2v) is 6.20. The van der Waals surface area contributed by atoms with E-state index in [9.17, 15) is 0 Å². The van der Waals surface area contributed by atoms with Crippen LogP contribution in [-0.4, -0.2) is 49.2 Å². The maximum Gasteiger partial charge on any atom is 0.191 e. The van der Waals surface area contributed by atoms with Gasteiger partial charge in [-0.25, -0.2) is 4.99 Å². The number of aromatic nitrogens is 2. The maximum atomic E-state index is 5.85. The molecule has 0 spiro atoms. The first-order valence-corrected chi connectivity index (χ1v) is 9.43. The predicted molar refractivity (Wildman–Crippen MR) is 124 cm³/mol. The molecule has 0 bridgehead atoms. The molecule has 0 fully saturated rings. The third-order valence-corrected chi connectivity index (χ3v) is 3.94. The number of rotatable bonds is 11. The Morgan fingerprint density at radius 2 is 2.11 bits per heavy atom. The van der Waals surface area contributed by atoms with Crippen LogP contribution in [0.15, 0.2) is 41.7 Å². The Morgan fingerprint density at radius 1 is 1.25 bits per heavy atom. The van der Waals surface area contributed by atoms with Gasteiger partial charge in [-0.05, 0) is 38.0 Å². The van der Waals surface area contributed by atoms with Crippen LogP contribution in [0.5, 0.6) is 5.75 Å². The number of aryl methyl sites for hydroxylation is 2. The molecule has 0 unspecified atom stereocenters. The molecule has 0 aliphatic carbocycles. The SMILES string of the molecule is CCNC(=NCc1ccc(C)cc1OCCOC)NCCCn1cccn1.I. The molecule has 1 heterocycles. The molecule has 2 rings (SSSR count). The summed E-state index contributed by atoms with van der Waals surface area (Å²) in [7, 11) is 1.67. The van der Waals surface area contributed by atoms with Crippen molar-refractivity contribution in [2.45, 2.75) is 33.4 Å². The van der Waals surface area contributed by atoms with Crippen molar-refractivity contribution in [3.05, 3.63) is 47.8 Å². The van der Waals surface area contributed by atoms with E-state index in [0.717, 1.165) is 43.3 Å². The van der Waals surface area contributed by atoms with Gasteiger partial charge in [0, 0.05) is 44.7 Å². The average Bonchev–Trinajstić information content (AvgIpc) is 3.18. The van der Waals surface area contributed by atoms with Crippen molar-refractivity contribution < 1.29 is 9.47 Å². The number of hydrogen-bond acceptors (Lipinski definition) is 4. The number of benzene rings is 1. The molecule has 7 nitrogen and oxygen atoms in total. The van der Waals surface area contributed by atoms with Gasteiger partial charge in [0.15, 0.2) is 5.96 Å². The molecule has 2 aromatic rings. The number of nitrogens with one attached hydrogen (secondary N) is 2. The Morgan fingerprint density at radius 3 is 2.82 bits per heavy atom. The number of halogens is 1. The molecule has 156 valence electrons. The van der Waals surface area contributed by atoms with Gasteiger partial charge in [-0.3, -0.25) is 4.68 Å². The summed E-state index contributed by atoms with van der Waals surface area (Å²) in [6, 6.07) is 8.14. The number of ether oxygens (including phenoxy) is 2. The Kier molecular flexibility index (Phi) is 12.3. The van der Waals surface area contributed by atoms with E-state index in [2.05, 4.69) is 41.7 Å². The Bertz CT molecular complexity index is 692. The average molecular weight is 501 g/mol. The molecule has 8 heteroatoms. The molecule has 0 atom stereocenters. The zero-order chi connectivity index (χ0) is 19.3. The van der Waals surface area contributed by atoms with Gasteiger partial charge in [0.25, 0.3) is 0 Å². The van der Waals surface area contributed by atoms with Crippen molar-refractivity contribution in [1.82, 2.24) is 20.4 Å². The highest BCUT2D eigenvalue weighted by Gasteiger charge is 2.05. The number of aliphatic imine (C=N–C) groups is 1. The summed E-state index contributed by atoms with van der Waals surface area (Å²) in [6.45, 7) is 8.30. The van der Waals surface area contributed by atoms with E-state index in [1.807, 2.05) is 23.0 Å². The van der Waals surface area contributed by atoms with E-state index in [4.69, 9.17) is 14.5 Å². The summed E-state index contributed by atoms with van der Waals surface area (Å²) in [6.07, 6.45) is 4.75. The number of guanidine groups is 1. The van der Waals surface area contributed by atoms with E-state index in [1.165, 1.54) is 5.56 Å². The number of nitrogens with zero attached hydrogens (tertiary/aromatic N) is 3. The van der Waals surface area contributed by atoms with Crippen molar-refractivity contribution >= 4 is 29.9 Å². The molecule has 28 heavy (non-hydrogen) atoms. The highest BCUT2D eigenvalue weighted by molar-refractivity contribution is 14.0. The topological polar surface area (TPSA) is 72.7 Å². The van der Waals surface area contributed by atoms with Crippen molar-refractivity contribution in [3.8, 4) is 5.75 Å². The van der Waals surface area contributed by atoms with Crippen LogP contribution in [-0.2, 0) is 17.8 Å². The highest BCUT2D eigenvalue weighted by Crippen LogP contribution is 2.21. The first-order valence-electron chi connectivity index (χ1n) is 9.43. The van der Waals surface area contributed by atoms with E-state index in [-0.39, 0.29) is 24.0 Å². The summed E-state index contributed by atoms with van der Waals surface area (Å²) in [5.41, 5.74) is 2.23. The fourth-order valence-electron chi connectivity index (χ4n) is 2.55. The molecule has 0 saturated carbocycles. The first-order chi connectivity index (χ1) is 13.2. The third-order valence-electron chi connectivity index (χ3n) is 3.94. The lowest BCUT2D eigenvalue weighted by Crippen LogP contribution is -2.38. The van der Waals surface area contributed by atoms with Gasteiger partial charge in [-0.1, -0.05) is 12.1 Å². The largest absolute Gasteiger partial charge is 0.491 e. The predicted octanol–water partition coefficient (Wildman–Crippen LogP) is 2.98. The van der Waals surface area contributed by atoms with Gasteiger partial charge in [0.05, 0.1) is 13.2 Å². The van der Waals surface area contributed by atoms with Crippen LogP contribution in [0.3, 0.4) is 0 Å². The van der Waals surface area contributed by atoms with Gasteiger partial charge < -0.3 is 20.1 Å². The molecule has 0 radical (unpaired) electrons. The molecule has 1 aromatic heterocycles. The van der Waals surface area contributed by atoms with Gasteiger partial charge in [-0.15, -0.1) is 24.0 Å². The van der Waals surface area contributed by atoms with Gasteiger partial charge in [0.2, 0.25) is 0 Å². The zero-order valence-corrected chi connectivity index (χ0v) is 19.3. The Hall–Kier alpha value is -1.81. The van der Waals surface area contributed by atoms with Crippen molar-refractivity contribution in [2.24, 2.45) is 4.99 Å². The van der Waals surface area contributed by atoms with Crippen molar-refractivity contribution in [3.63, 3.8) is 0 Å². The van der Waals surface area contributed by atoms with Gasteiger partial charge >= 0.3 is 0 Å². The van der Waals surface area contributed by atoms with E-state index < -0.39 is 0 Å². The van der Waals surface area contributed by atoms with Crippen LogP contribution in [0.2, 0.25) is 0 Å². The summed E-state index contributed by atoms with van der Waals surface area (Å²) < 4.78 is 12.8. The maximum absolute atomic E-state index is 5.85. The lowest BCUT2D eigenvalue weighted by Gasteiger charge is -2.13. The molecule has 0 amide bonds. The molecule has 0 saturated heterocycles. The second-order valence-electron chi connectivity index (χ2n) is 6.20. The second kappa shape index (κ2) is 14.2. The van der Waals surface area contributed by atoms with Gasteiger partial charge in [-0.2, -0.15) is 5.10 Å². The monoisotopic (exact) mass is 501 g/mol. The quantitative estimate of drug-likeness (QED) is 0.215. The minimum atomic E-state index is 0. The highest BCUT2D eigenvalue weighted by atomic mass is 127. The van der Waals surface area contributed by atoms with Crippen LogP contribution in [0.4, 0.5) is 0 Å². The molecule has 2 N–H and O–H groups in total. The van der Waals surface area contributed by atoms with E-state index in [0.29, 0.717) is 19.8 Å². The minimum Gasteiger partial charge on any atom is -0.491 e. The van der Waals surface area contributed by atoms with Crippen molar-refractivity contribution in [1.29, 1.82) is 0 Å². The Balaban J connectivity index is 0.00000392. The van der Waals surface area contributed by atoms with Crippen molar-refractivity contribution in [2.75, 3.05) is 33.4 Å². The smallest absolute Gasteiger partial charge is 0.191 e. The zero-order valence-electron chi connectivity index (χ0n) is 17.0. The van der Waals surface area contributed by atoms with Crippen LogP contribution in [0.1, 0.15) is 24.5 Å². The summed E-state index contributed by atoms with van der Waals surface area (Å²) in [5, 5.41) is 10.9. The number of hydrogen-bond donors (Lipinski definition) is 2. The van der Waals surface area contributed by atoms with E-state index in [1.54, 1.807) is 13.3 Å². The fraction of sp³-hybridized carbons (Fsp3) is 0.500. The summed E-state index contributed by atoms with van der Waals surface area (Å²) >= 11 is 0. The van der Waals surface area contributed by atoms with Crippen LogP contribution >= 0.6 is 24.0 Å². The number of methoxy groups -OCH3 is 1. The molecular formula is C20H32IN5O2. The Labute approximate surface area is 184 Å². The van der Waals surface area contributed by atoms with Crippen LogP contribution in [0.25, 0.3) is 0 Å². The molecule has 1 aromatic carbocycles. The molecule has 0 aliphatic heterocycles. The summed E-state index contributed by atoms with van der Waals surface area (Å²) in [4.78, 5) is 4.70. The first kappa shape index (κ1) is 24.2. The normalized spacial score (nSPS) is 11.0. The fourth-order valence-corrected chi connectivity index (χ4v) is 2.55. The molecular weight excluding hydrogens is 469 g/mol. The van der Waals surface area contributed by atoms with Crippen LogP contribution in [0, 0.1) is 6.92 Å². The third kappa shape index (κ3) is 8.92. The lowest BCUT2D eigenvalue weighted by atomic mass is 10.1.